The van der Waals surface area contributed by atoms with Crippen LogP contribution in [0.2, 0.25) is 5.02 Å². The quantitative estimate of drug-likeness (QED) is 0.627. The molecule has 0 unspecified atom stereocenters. The molecule has 2 aliphatic rings. The zero-order valence-electron chi connectivity index (χ0n) is 17.5. The van der Waals surface area contributed by atoms with Crippen molar-refractivity contribution in [2.75, 3.05) is 50.7 Å². The predicted octanol–water partition coefficient (Wildman–Crippen LogP) is 2.91. The maximum atomic E-state index is 12.9. The minimum Gasteiger partial charge on any atom is -0.368 e. The summed E-state index contributed by atoms with van der Waals surface area (Å²) < 4.78 is 2.09. The summed E-state index contributed by atoms with van der Waals surface area (Å²) in [7, 11) is 0. The number of amides is 1. The van der Waals surface area contributed by atoms with Crippen LogP contribution < -0.4 is 4.90 Å². The summed E-state index contributed by atoms with van der Waals surface area (Å²) in [6.45, 7) is 5.54. The lowest BCUT2D eigenvalue weighted by atomic mass is 9.96. The van der Waals surface area contributed by atoms with Gasteiger partial charge < -0.3 is 9.80 Å². The number of piperidine rings is 1. The van der Waals surface area contributed by atoms with Crippen molar-refractivity contribution in [1.82, 2.24) is 24.4 Å². The number of hydrogen-bond acceptors (Lipinski definition) is 5. The van der Waals surface area contributed by atoms with Gasteiger partial charge in [-0.25, -0.2) is 0 Å². The second-order valence-corrected chi connectivity index (χ2v) is 8.82. The molecule has 0 bridgehead atoms. The molecule has 0 radical (unpaired) electrons. The van der Waals surface area contributed by atoms with Crippen molar-refractivity contribution in [3.05, 3.63) is 59.5 Å². The molecule has 31 heavy (non-hydrogen) atoms. The van der Waals surface area contributed by atoms with E-state index >= 15 is 0 Å². The van der Waals surface area contributed by atoms with E-state index in [0.717, 1.165) is 74.3 Å². The first-order chi connectivity index (χ1) is 15.2. The number of fused-ring (bicyclic) bond motifs is 1. The second-order valence-electron chi connectivity index (χ2n) is 8.39. The van der Waals surface area contributed by atoms with E-state index in [4.69, 9.17) is 11.6 Å². The molecule has 0 atom stereocenters. The molecule has 2 aliphatic heterocycles. The molecule has 5 rings (SSSR count). The first kappa shape index (κ1) is 20.3. The molecule has 4 heterocycles. The summed E-state index contributed by atoms with van der Waals surface area (Å²) in [5.41, 5.74) is 2.02. The average Bonchev–Trinajstić information content (AvgIpc) is 3.24. The molecule has 7 nitrogen and oxygen atoms in total. The van der Waals surface area contributed by atoms with Crippen molar-refractivity contribution in [3.63, 3.8) is 0 Å². The SMILES string of the molecule is O=C(CN1CCC(c2nnc3ccccn23)CC1)N1CCN(c2cccc(Cl)c2)CC1. The zero-order valence-corrected chi connectivity index (χ0v) is 18.3. The van der Waals surface area contributed by atoms with Crippen molar-refractivity contribution < 1.29 is 4.79 Å². The lowest BCUT2D eigenvalue weighted by Crippen LogP contribution is -2.52. The Bertz CT molecular complexity index is 1050. The van der Waals surface area contributed by atoms with Gasteiger partial charge >= 0.3 is 0 Å². The number of rotatable bonds is 4. The van der Waals surface area contributed by atoms with E-state index in [1.165, 1.54) is 0 Å². The molecule has 3 aromatic rings. The monoisotopic (exact) mass is 438 g/mol. The third kappa shape index (κ3) is 4.38. The molecule has 2 aromatic heterocycles. The third-order valence-corrected chi connectivity index (χ3v) is 6.69. The summed E-state index contributed by atoms with van der Waals surface area (Å²) in [5, 5.41) is 9.45. The Morgan fingerprint density at radius 1 is 0.968 bits per heavy atom. The number of halogens is 1. The number of pyridine rings is 1. The molecule has 0 aliphatic carbocycles. The summed E-state index contributed by atoms with van der Waals surface area (Å²) in [4.78, 5) is 19.4. The van der Waals surface area contributed by atoms with Crippen LogP contribution in [0.25, 0.3) is 5.65 Å². The number of aromatic nitrogens is 3. The number of benzene rings is 1. The van der Waals surface area contributed by atoms with Crippen molar-refractivity contribution in [1.29, 1.82) is 0 Å². The fraction of sp³-hybridized carbons (Fsp3) is 0.435. The van der Waals surface area contributed by atoms with Gasteiger partial charge in [0.05, 0.1) is 6.54 Å². The normalized spacial score (nSPS) is 18.6. The van der Waals surface area contributed by atoms with Crippen LogP contribution in [0.4, 0.5) is 5.69 Å². The molecule has 1 aromatic carbocycles. The van der Waals surface area contributed by atoms with E-state index in [2.05, 4.69) is 30.5 Å². The van der Waals surface area contributed by atoms with Crippen molar-refractivity contribution in [3.8, 4) is 0 Å². The van der Waals surface area contributed by atoms with E-state index in [0.29, 0.717) is 12.5 Å². The molecule has 2 saturated heterocycles. The zero-order chi connectivity index (χ0) is 21.2. The Labute approximate surface area is 187 Å². The van der Waals surface area contributed by atoms with E-state index in [1.54, 1.807) is 0 Å². The van der Waals surface area contributed by atoms with Gasteiger partial charge in [0.1, 0.15) is 5.82 Å². The number of nitrogens with zero attached hydrogens (tertiary/aromatic N) is 6. The summed E-state index contributed by atoms with van der Waals surface area (Å²) in [5.74, 6) is 1.67. The smallest absolute Gasteiger partial charge is 0.236 e. The van der Waals surface area contributed by atoms with Crippen LogP contribution in [-0.2, 0) is 4.79 Å². The van der Waals surface area contributed by atoms with E-state index in [1.807, 2.05) is 47.5 Å². The maximum absolute atomic E-state index is 12.9. The summed E-state index contributed by atoms with van der Waals surface area (Å²) >= 11 is 6.12. The van der Waals surface area contributed by atoms with E-state index in [-0.39, 0.29) is 5.91 Å². The molecule has 0 N–H and O–H groups in total. The van der Waals surface area contributed by atoms with Crippen molar-refractivity contribution in [2.24, 2.45) is 0 Å². The van der Waals surface area contributed by atoms with Gasteiger partial charge in [-0.1, -0.05) is 23.7 Å². The van der Waals surface area contributed by atoms with Crippen LogP contribution in [0.1, 0.15) is 24.6 Å². The topological polar surface area (TPSA) is 57.0 Å². The van der Waals surface area contributed by atoms with Crippen LogP contribution >= 0.6 is 11.6 Å². The number of likely N-dealkylation sites (tertiary alicyclic amines) is 1. The first-order valence-electron chi connectivity index (χ1n) is 11.0. The number of carbonyl (C=O) groups is 1. The fourth-order valence-electron chi connectivity index (χ4n) is 4.67. The second kappa shape index (κ2) is 8.85. The Morgan fingerprint density at radius 3 is 2.55 bits per heavy atom. The van der Waals surface area contributed by atoms with Crippen LogP contribution in [-0.4, -0.2) is 76.1 Å². The van der Waals surface area contributed by atoms with Gasteiger partial charge in [0.25, 0.3) is 0 Å². The highest BCUT2D eigenvalue weighted by atomic mass is 35.5. The highest BCUT2D eigenvalue weighted by Crippen LogP contribution is 2.27. The Morgan fingerprint density at radius 2 is 1.77 bits per heavy atom. The largest absolute Gasteiger partial charge is 0.368 e. The lowest BCUT2D eigenvalue weighted by Gasteiger charge is -2.38. The lowest BCUT2D eigenvalue weighted by molar-refractivity contribution is -0.133. The van der Waals surface area contributed by atoms with Gasteiger partial charge in [-0.05, 0) is 56.3 Å². The molecular weight excluding hydrogens is 412 g/mol. The molecule has 162 valence electrons. The van der Waals surface area contributed by atoms with Gasteiger partial charge in [0.15, 0.2) is 5.65 Å². The van der Waals surface area contributed by atoms with Gasteiger partial charge in [0.2, 0.25) is 5.91 Å². The van der Waals surface area contributed by atoms with Crippen LogP contribution in [0.5, 0.6) is 0 Å². The third-order valence-electron chi connectivity index (χ3n) is 6.46. The van der Waals surface area contributed by atoms with Crippen LogP contribution in [0.3, 0.4) is 0 Å². The standard InChI is InChI=1S/C23H27ClN6O/c24-19-4-3-5-20(16-19)28-12-14-29(15-13-28)22(31)17-27-10-7-18(8-11-27)23-26-25-21-6-1-2-9-30(21)23/h1-6,9,16,18H,7-8,10-15,17H2. The minimum atomic E-state index is 0.233. The molecule has 0 saturated carbocycles. The Balaban J connectivity index is 1.11. The van der Waals surface area contributed by atoms with E-state index < -0.39 is 0 Å². The maximum Gasteiger partial charge on any atom is 0.236 e. The first-order valence-corrected chi connectivity index (χ1v) is 11.4. The van der Waals surface area contributed by atoms with E-state index in [9.17, 15) is 4.79 Å². The average molecular weight is 439 g/mol. The molecule has 2 fully saturated rings. The molecular formula is C23H27ClN6O. The number of anilines is 1. The molecule has 8 heteroatoms. The van der Waals surface area contributed by atoms with Crippen LogP contribution in [0.15, 0.2) is 48.7 Å². The highest BCUT2D eigenvalue weighted by molar-refractivity contribution is 6.30. The highest BCUT2D eigenvalue weighted by Gasteiger charge is 2.28. The summed E-state index contributed by atoms with van der Waals surface area (Å²) in [6.07, 6.45) is 4.04. The van der Waals surface area contributed by atoms with Crippen LogP contribution in [0, 0.1) is 0 Å². The minimum absolute atomic E-state index is 0.233. The number of hydrogen-bond donors (Lipinski definition) is 0. The molecule has 0 spiro atoms. The van der Waals surface area contributed by atoms with Crippen molar-refractivity contribution in [2.45, 2.75) is 18.8 Å². The Hall–Kier alpha value is -2.64. The fourth-order valence-corrected chi connectivity index (χ4v) is 4.85. The van der Waals surface area contributed by atoms with Gasteiger partial charge in [-0.3, -0.25) is 14.1 Å². The number of carbonyl (C=O) groups excluding carboxylic acids is 1. The molecule has 1 amide bonds. The Kier molecular flexibility index (Phi) is 5.78. The van der Waals surface area contributed by atoms with Crippen molar-refractivity contribution >= 4 is 28.8 Å². The van der Waals surface area contributed by atoms with Gasteiger partial charge in [-0.15, -0.1) is 10.2 Å². The number of piperazine rings is 1. The summed E-state index contributed by atoms with van der Waals surface area (Å²) in [6, 6.07) is 13.9. The van der Waals surface area contributed by atoms with Gasteiger partial charge in [-0.2, -0.15) is 0 Å². The van der Waals surface area contributed by atoms with Gasteiger partial charge in [0, 0.05) is 49.0 Å². The predicted molar refractivity (Wildman–Crippen MR) is 122 cm³/mol.